The van der Waals surface area contributed by atoms with Crippen LogP contribution in [0.15, 0.2) is 66.9 Å². The van der Waals surface area contributed by atoms with Gasteiger partial charge in [-0.05, 0) is 37.8 Å². The van der Waals surface area contributed by atoms with Gasteiger partial charge in [0.15, 0.2) is 6.10 Å². The average molecular weight is 319 g/mol. The summed E-state index contributed by atoms with van der Waals surface area (Å²) in [6, 6.07) is 19.7. The monoisotopic (exact) mass is 319 g/mol. The molecule has 0 N–H and O–H groups in total. The van der Waals surface area contributed by atoms with E-state index in [2.05, 4.69) is 4.98 Å². The second-order valence-corrected chi connectivity index (χ2v) is 6.86. The third-order valence-corrected chi connectivity index (χ3v) is 3.89. The molecule has 0 spiro atoms. The zero-order valence-corrected chi connectivity index (χ0v) is 14.2. The van der Waals surface area contributed by atoms with Gasteiger partial charge in [-0.15, -0.1) is 0 Å². The van der Waals surface area contributed by atoms with Crippen molar-refractivity contribution in [2.24, 2.45) is 5.41 Å². The maximum absolute atomic E-state index is 12.5. The molecule has 122 valence electrons. The third-order valence-electron chi connectivity index (χ3n) is 3.89. The van der Waals surface area contributed by atoms with Gasteiger partial charge in [-0.1, -0.05) is 54.6 Å². The maximum atomic E-state index is 12.5. The first kappa shape index (κ1) is 16.2. The number of rotatable bonds is 3. The van der Waals surface area contributed by atoms with E-state index in [1.807, 2.05) is 81.4 Å². The maximum Gasteiger partial charge on any atom is 0.312 e. The molecule has 3 heteroatoms. The average Bonchev–Trinajstić information content (AvgIpc) is 2.59. The summed E-state index contributed by atoms with van der Waals surface area (Å²) < 4.78 is 5.89. The molecule has 0 amide bonds. The van der Waals surface area contributed by atoms with Crippen LogP contribution in [0, 0.1) is 5.41 Å². The Labute approximate surface area is 142 Å². The van der Waals surface area contributed by atoms with Gasteiger partial charge in [0.1, 0.15) is 0 Å². The molecule has 3 rings (SSSR count). The Kier molecular flexibility index (Phi) is 4.34. The highest BCUT2D eigenvalue weighted by molar-refractivity contribution is 5.85. The van der Waals surface area contributed by atoms with Crippen molar-refractivity contribution in [3.63, 3.8) is 0 Å². The molecule has 0 saturated heterocycles. The molecular weight excluding hydrogens is 298 g/mol. The van der Waals surface area contributed by atoms with Crippen molar-refractivity contribution in [2.75, 3.05) is 0 Å². The first-order valence-corrected chi connectivity index (χ1v) is 8.06. The van der Waals surface area contributed by atoms with Gasteiger partial charge >= 0.3 is 5.97 Å². The van der Waals surface area contributed by atoms with E-state index in [0.29, 0.717) is 0 Å². The topological polar surface area (TPSA) is 39.2 Å². The first-order chi connectivity index (χ1) is 11.5. The highest BCUT2D eigenvalue weighted by Gasteiger charge is 2.29. The summed E-state index contributed by atoms with van der Waals surface area (Å²) in [5.41, 5.74) is 1.10. The lowest BCUT2D eigenvalue weighted by Crippen LogP contribution is -2.25. The predicted molar refractivity (Wildman–Crippen MR) is 95.6 cm³/mol. The lowest BCUT2D eigenvalue weighted by Gasteiger charge is -2.24. The molecule has 0 aliphatic heterocycles. The molecule has 0 aliphatic rings. The van der Waals surface area contributed by atoms with Crippen LogP contribution < -0.4 is 0 Å². The van der Waals surface area contributed by atoms with Crippen LogP contribution in [-0.2, 0) is 9.53 Å². The van der Waals surface area contributed by atoms with Crippen LogP contribution in [0.5, 0.6) is 0 Å². The van der Waals surface area contributed by atoms with Gasteiger partial charge in [0, 0.05) is 11.6 Å². The molecule has 0 unspecified atom stereocenters. The largest absolute Gasteiger partial charge is 0.450 e. The Morgan fingerprint density at radius 1 is 0.958 bits per heavy atom. The van der Waals surface area contributed by atoms with Crippen LogP contribution in [0.25, 0.3) is 10.8 Å². The third kappa shape index (κ3) is 3.30. The van der Waals surface area contributed by atoms with E-state index in [0.717, 1.165) is 22.0 Å². The van der Waals surface area contributed by atoms with Crippen molar-refractivity contribution in [2.45, 2.75) is 26.9 Å². The molecule has 0 aliphatic carbocycles. The van der Waals surface area contributed by atoms with Crippen molar-refractivity contribution in [3.8, 4) is 0 Å². The molecule has 0 radical (unpaired) electrons. The van der Waals surface area contributed by atoms with Crippen molar-refractivity contribution in [1.29, 1.82) is 0 Å². The summed E-state index contributed by atoms with van der Waals surface area (Å²) in [5.74, 6) is -0.244. The highest BCUT2D eigenvalue weighted by atomic mass is 16.5. The number of carbonyl (C=O) groups is 1. The van der Waals surface area contributed by atoms with Crippen LogP contribution in [0.2, 0.25) is 0 Å². The van der Waals surface area contributed by atoms with Crippen molar-refractivity contribution in [3.05, 3.63) is 78.1 Å². The Morgan fingerprint density at radius 2 is 1.62 bits per heavy atom. The van der Waals surface area contributed by atoms with Crippen molar-refractivity contribution in [1.82, 2.24) is 4.98 Å². The van der Waals surface area contributed by atoms with Gasteiger partial charge in [0.2, 0.25) is 0 Å². The van der Waals surface area contributed by atoms with Gasteiger partial charge in [0.05, 0.1) is 11.1 Å². The van der Waals surface area contributed by atoms with E-state index in [-0.39, 0.29) is 5.97 Å². The van der Waals surface area contributed by atoms with E-state index in [1.165, 1.54) is 0 Å². The summed E-state index contributed by atoms with van der Waals surface area (Å²) in [4.78, 5) is 17.0. The van der Waals surface area contributed by atoms with Crippen LogP contribution in [-0.4, -0.2) is 11.0 Å². The normalized spacial score (nSPS) is 12.8. The smallest absolute Gasteiger partial charge is 0.312 e. The number of carbonyl (C=O) groups excluding carboxylic acids is 1. The van der Waals surface area contributed by atoms with Gasteiger partial charge in [0.25, 0.3) is 0 Å². The van der Waals surface area contributed by atoms with Gasteiger partial charge in [-0.25, -0.2) is 0 Å². The molecule has 1 atom stereocenters. The van der Waals surface area contributed by atoms with E-state index in [4.69, 9.17) is 4.74 Å². The second-order valence-electron chi connectivity index (χ2n) is 6.86. The predicted octanol–water partition coefficient (Wildman–Crippen LogP) is 4.91. The minimum absolute atomic E-state index is 0.244. The summed E-state index contributed by atoms with van der Waals surface area (Å²) in [5, 5.41) is 2.07. The Balaban J connectivity index is 2.12. The first-order valence-electron chi connectivity index (χ1n) is 8.06. The Morgan fingerprint density at radius 3 is 2.33 bits per heavy atom. The summed E-state index contributed by atoms with van der Waals surface area (Å²) >= 11 is 0. The highest BCUT2D eigenvalue weighted by Crippen LogP contribution is 2.32. The fourth-order valence-electron chi connectivity index (χ4n) is 2.55. The lowest BCUT2D eigenvalue weighted by molar-refractivity contribution is -0.157. The zero-order chi connectivity index (χ0) is 17.2. The molecule has 1 heterocycles. The number of hydrogen-bond acceptors (Lipinski definition) is 3. The van der Waals surface area contributed by atoms with E-state index in [9.17, 15) is 4.79 Å². The Hall–Kier alpha value is -2.68. The van der Waals surface area contributed by atoms with Gasteiger partial charge in [-0.2, -0.15) is 0 Å². The van der Waals surface area contributed by atoms with Crippen molar-refractivity contribution < 1.29 is 9.53 Å². The Bertz CT molecular complexity index is 845. The van der Waals surface area contributed by atoms with Crippen LogP contribution in [0.4, 0.5) is 0 Å². The fourth-order valence-corrected chi connectivity index (χ4v) is 2.55. The molecule has 2 aromatic carbocycles. The SMILES string of the molecule is CC(C)(C)C(=O)O[C@H](c1ccccc1)c1nccc2ccccc12. The molecule has 3 nitrogen and oxygen atoms in total. The van der Waals surface area contributed by atoms with Crippen LogP contribution in [0.1, 0.15) is 38.1 Å². The molecule has 0 bridgehead atoms. The number of esters is 1. The minimum atomic E-state index is -0.572. The summed E-state index contributed by atoms with van der Waals surface area (Å²) in [6.07, 6.45) is 1.24. The number of nitrogens with zero attached hydrogens (tertiary/aromatic N) is 1. The van der Waals surface area contributed by atoms with Crippen LogP contribution >= 0.6 is 0 Å². The number of pyridine rings is 1. The second kappa shape index (κ2) is 6.44. The number of fused-ring (bicyclic) bond motifs is 1. The zero-order valence-electron chi connectivity index (χ0n) is 14.2. The number of benzene rings is 2. The van der Waals surface area contributed by atoms with Gasteiger partial charge in [-0.3, -0.25) is 9.78 Å². The number of ether oxygens (including phenoxy) is 1. The van der Waals surface area contributed by atoms with E-state index < -0.39 is 11.5 Å². The summed E-state index contributed by atoms with van der Waals surface area (Å²) in [7, 11) is 0. The molecule has 0 fully saturated rings. The molecule has 3 aromatic rings. The molecular formula is C21H21NO2. The van der Waals surface area contributed by atoms with E-state index in [1.54, 1.807) is 6.20 Å². The fraction of sp³-hybridized carbons (Fsp3) is 0.238. The standard InChI is InChI=1S/C21H21NO2/c1-21(2,3)20(23)24-19(16-10-5-4-6-11-16)18-17-12-8-7-9-15(17)13-14-22-18/h4-14,19H,1-3H3/t19-/m1/s1. The van der Waals surface area contributed by atoms with E-state index >= 15 is 0 Å². The minimum Gasteiger partial charge on any atom is -0.450 e. The molecule has 24 heavy (non-hydrogen) atoms. The number of aromatic nitrogens is 1. The number of hydrogen-bond donors (Lipinski definition) is 0. The van der Waals surface area contributed by atoms with Gasteiger partial charge < -0.3 is 4.74 Å². The lowest BCUT2D eigenvalue weighted by atomic mass is 9.96. The summed E-state index contributed by atoms with van der Waals surface area (Å²) in [6.45, 7) is 5.57. The molecule has 0 saturated carbocycles. The van der Waals surface area contributed by atoms with Crippen molar-refractivity contribution >= 4 is 16.7 Å². The van der Waals surface area contributed by atoms with Crippen LogP contribution in [0.3, 0.4) is 0 Å². The molecule has 1 aromatic heterocycles. The quantitative estimate of drug-likeness (QED) is 0.644.